The molecule has 1 aromatic rings. The van der Waals surface area contributed by atoms with Gasteiger partial charge in [0.2, 0.25) is 0 Å². The highest BCUT2D eigenvalue weighted by atomic mass is 32.1. The van der Waals surface area contributed by atoms with Gasteiger partial charge >= 0.3 is 6.09 Å². The van der Waals surface area contributed by atoms with Crippen LogP contribution in [0.15, 0.2) is 16.8 Å². The third-order valence-electron chi connectivity index (χ3n) is 1.87. The molecule has 0 saturated carbocycles. The van der Waals surface area contributed by atoms with Crippen LogP contribution in [-0.4, -0.2) is 18.2 Å². The maximum Gasteiger partial charge on any atom is 0.408 e. The number of alkyl carbamates (subject to hydrolysis) is 1. The third-order valence-corrected chi connectivity index (χ3v) is 2.57. The van der Waals surface area contributed by atoms with Crippen molar-refractivity contribution >= 4 is 17.4 Å². The summed E-state index contributed by atoms with van der Waals surface area (Å²) in [6, 6.07) is 1.76. The van der Waals surface area contributed by atoms with Crippen molar-refractivity contribution < 1.29 is 9.53 Å². The molecule has 90 valence electrons. The maximum atomic E-state index is 11.5. The fraction of sp³-hybridized carbons (Fsp3) is 0.545. The zero-order valence-corrected chi connectivity index (χ0v) is 10.6. The Kier molecular flexibility index (Phi) is 4.32. The van der Waals surface area contributed by atoms with Gasteiger partial charge in [-0.1, -0.05) is 0 Å². The Hall–Kier alpha value is -1.07. The number of nitrogens with one attached hydrogen (secondary N) is 1. The van der Waals surface area contributed by atoms with Crippen LogP contribution in [-0.2, 0) is 4.74 Å². The topological polar surface area (TPSA) is 64.3 Å². The number of ether oxygens (including phenoxy) is 1. The summed E-state index contributed by atoms with van der Waals surface area (Å²) in [5, 5.41) is 6.67. The van der Waals surface area contributed by atoms with E-state index in [1.807, 2.05) is 37.6 Å². The van der Waals surface area contributed by atoms with E-state index < -0.39 is 11.7 Å². The largest absolute Gasteiger partial charge is 0.444 e. The SMILES string of the molecule is CC(C)(C)OC(=O)N[C@@H](CN)c1ccsc1. The van der Waals surface area contributed by atoms with Crippen LogP contribution < -0.4 is 11.1 Å². The first-order chi connectivity index (χ1) is 7.42. The Morgan fingerprint density at radius 3 is 2.75 bits per heavy atom. The van der Waals surface area contributed by atoms with Gasteiger partial charge in [-0.15, -0.1) is 0 Å². The fourth-order valence-corrected chi connectivity index (χ4v) is 1.92. The molecule has 16 heavy (non-hydrogen) atoms. The van der Waals surface area contributed by atoms with Gasteiger partial charge in [0.1, 0.15) is 5.60 Å². The monoisotopic (exact) mass is 242 g/mol. The van der Waals surface area contributed by atoms with Crippen LogP contribution in [0.3, 0.4) is 0 Å². The van der Waals surface area contributed by atoms with E-state index in [-0.39, 0.29) is 6.04 Å². The van der Waals surface area contributed by atoms with E-state index in [1.165, 1.54) is 0 Å². The molecule has 0 aliphatic rings. The zero-order chi connectivity index (χ0) is 12.2. The second-order valence-corrected chi connectivity index (χ2v) is 5.27. The smallest absolute Gasteiger partial charge is 0.408 e. The van der Waals surface area contributed by atoms with Crippen LogP contribution in [0.5, 0.6) is 0 Å². The number of hydrogen-bond acceptors (Lipinski definition) is 4. The summed E-state index contributed by atoms with van der Waals surface area (Å²) >= 11 is 1.58. The molecule has 3 N–H and O–H groups in total. The highest BCUT2D eigenvalue weighted by Crippen LogP contribution is 2.16. The van der Waals surface area contributed by atoms with Gasteiger partial charge in [0.05, 0.1) is 6.04 Å². The van der Waals surface area contributed by atoms with Gasteiger partial charge < -0.3 is 15.8 Å². The van der Waals surface area contributed by atoms with Gasteiger partial charge in [-0.2, -0.15) is 11.3 Å². The molecule has 1 aromatic heterocycles. The number of thiophene rings is 1. The van der Waals surface area contributed by atoms with Crippen LogP contribution in [0.2, 0.25) is 0 Å². The molecule has 0 aliphatic heterocycles. The van der Waals surface area contributed by atoms with E-state index in [1.54, 1.807) is 11.3 Å². The molecule has 0 unspecified atom stereocenters. The predicted octanol–water partition coefficient (Wildman–Crippen LogP) is 2.27. The van der Waals surface area contributed by atoms with Gasteiger partial charge in [0, 0.05) is 6.54 Å². The molecule has 1 rings (SSSR count). The second kappa shape index (κ2) is 5.32. The number of rotatable bonds is 3. The number of nitrogens with two attached hydrogens (primary N) is 1. The van der Waals surface area contributed by atoms with Gasteiger partial charge in [-0.25, -0.2) is 4.79 Å². The Labute approximate surface area is 99.8 Å². The number of amides is 1. The van der Waals surface area contributed by atoms with Gasteiger partial charge in [-0.3, -0.25) is 0 Å². The van der Waals surface area contributed by atoms with Crippen molar-refractivity contribution in [1.29, 1.82) is 0 Å². The van der Waals surface area contributed by atoms with Crippen molar-refractivity contribution in [2.45, 2.75) is 32.4 Å². The first-order valence-electron chi connectivity index (χ1n) is 5.14. The van der Waals surface area contributed by atoms with Crippen LogP contribution >= 0.6 is 11.3 Å². The average molecular weight is 242 g/mol. The van der Waals surface area contributed by atoms with Gasteiger partial charge in [0.25, 0.3) is 0 Å². The Balaban J connectivity index is 2.55. The van der Waals surface area contributed by atoms with Crippen LogP contribution in [0.25, 0.3) is 0 Å². The quantitative estimate of drug-likeness (QED) is 0.854. The minimum absolute atomic E-state index is 0.180. The van der Waals surface area contributed by atoms with Crippen LogP contribution in [0, 0.1) is 0 Å². The highest BCUT2D eigenvalue weighted by Gasteiger charge is 2.19. The van der Waals surface area contributed by atoms with Crippen molar-refractivity contribution in [3.05, 3.63) is 22.4 Å². The normalized spacial score (nSPS) is 13.2. The van der Waals surface area contributed by atoms with Crippen molar-refractivity contribution in [2.75, 3.05) is 6.54 Å². The minimum Gasteiger partial charge on any atom is -0.444 e. The first-order valence-corrected chi connectivity index (χ1v) is 6.08. The van der Waals surface area contributed by atoms with E-state index in [0.29, 0.717) is 6.54 Å². The lowest BCUT2D eigenvalue weighted by atomic mass is 10.1. The highest BCUT2D eigenvalue weighted by molar-refractivity contribution is 7.07. The molecule has 4 nitrogen and oxygen atoms in total. The molecular formula is C11H18N2O2S. The molecule has 1 amide bonds. The van der Waals surface area contributed by atoms with Crippen molar-refractivity contribution in [3.63, 3.8) is 0 Å². The summed E-state index contributed by atoms with van der Waals surface area (Å²) in [4.78, 5) is 11.5. The van der Waals surface area contributed by atoms with Crippen molar-refractivity contribution in [3.8, 4) is 0 Å². The van der Waals surface area contributed by atoms with E-state index in [9.17, 15) is 4.79 Å². The summed E-state index contributed by atoms with van der Waals surface area (Å²) in [5.74, 6) is 0. The molecule has 0 fully saturated rings. The van der Waals surface area contributed by atoms with E-state index >= 15 is 0 Å². The Bertz CT molecular complexity index is 330. The van der Waals surface area contributed by atoms with E-state index in [0.717, 1.165) is 5.56 Å². The van der Waals surface area contributed by atoms with Crippen LogP contribution in [0.1, 0.15) is 32.4 Å². The van der Waals surface area contributed by atoms with Crippen molar-refractivity contribution in [2.24, 2.45) is 5.73 Å². The van der Waals surface area contributed by atoms with Gasteiger partial charge in [0.15, 0.2) is 0 Å². The number of carbonyl (C=O) groups is 1. The maximum absolute atomic E-state index is 11.5. The van der Waals surface area contributed by atoms with E-state index in [2.05, 4.69) is 5.32 Å². The fourth-order valence-electron chi connectivity index (χ4n) is 1.20. The van der Waals surface area contributed by atoms with E-state index in [4.69, 9.17) is 10.5 Å². The number of hydrogen-bond donors (Lipinski definition) is 2. The lowest BCUT2D eigenvalue weighted by molar-refractivity contribution is 0.0505. The first kappa shape index (κ1) is 13.0. The molecular weight excluding hydrogens is 224 g/mol. The minimum atomic E-state index is -0.488. The molecule has 0 aromatic carbocycles. The summed E-state index contributed by atoms with van der Waals surface area (Å²) < 4.78 is 5.17. The van der Waals surface area contributed by atoms with Crippen LogP contribution in [0.4, 0.5) is 4.79 Å². The zero-order valence-electron chi connectivity index (χ0n) is 9.82. The third kappa shape index (κ3) is 4.20. The molecule has 1 atom stereocenters. The molecule has 0 radical (unpaired) electrons. The summed E-state index contributed by atoms with van der Waals surface area (Å²) in [7, 11) is 0. The molecule has 0 spiro atoms. The molecule has 0 saturated heterocycles. The predicted molar refractivity (Wildman–Crippen MR) is 65.5 cm³/mol. The molecule has 0 aliphatic carbocycles. The number of carbonyl (C=O) groups excluding carboxylic acids is 1. The van der Waals surface area contributed by atoms with Crippen molar-refractivity contribution in [1.82, 2.24) is 5.32 Å². The average Bonchev–Trinajstić information content (AvgIpc) is 2.63. The second-order valence-electron chi connectivity index (χ2n) is 4.49. The summed E-state index contributed by atoms with van der Waals surface area (Å²) in [6.07, 6.45) is -0.436. The molecule has 1 heterocycles. The lowest BCUT2D eigenvalue weighted by Gasteiger charge is -2.22. The molecule has 0 bridgehead atoms. The summed E-state index contributed by atoms with van der Waals surface area (Å²) in [5.41, 5.74) is 6.13. The standard InChI is InChI=1S/C11H18N2O2S/c1-11(2,3)15-10(14)13-9(6-12)8-4-5-16-7-8/h4-5,7,9H,6,12H2,1-3H3,(H,13,14)/t9-/m0/s1. The van der Waals surface area contributed by atoms with Gasteiger partial charge in [-0.05, 0) is 43.2 Å². The Morgan fingerprint density at radius 1 is 1.62 bits per heavy atom. The summed E-state index contributed by atoms with van der Waals surface area (Å²) in [6.45, 7) is 5.84. The molecule has 5 heteroatoms. The lowest BCUT2D eigenvalue weighted by Crippen LogP contribution is -2.37. The Morgan fingerprint density at radius 2 is 2.31 bits per heavy atom.